The van der Waals surface area contributed by atoms with Crippen molar-refractivity contribution in [2.75, 3.05) is 41.3 Å². The van der Waals surface area contributed by atoms with Gasteiger partial charge in [-0.1, -0.05) is 0 Å². The Morgan fingerprint density at radius 3 is 2.05 bits per heavy atom. The summed E-state index contributed by atoms with van der Waals surface area (Å²) in [6, 6.07) is 11.7. The number of alkyl halides is 6. The van der Waals surface area contributed by atoms with Crippen LogP contribution in [0.25, 0.3) is 0 Å². The number of hydrogen-bond donors (Lipinski definition) is 1. The Morgan fingerprint density at radius 1 is 0.837 bits per heavy atom. The third-order valence-electron chi connectivity index (χ3n) is 7.73. The average Bonchev–Trinajstić information content (AvgIpc) is 2.98. The van der Waals surface area contributed by atoms with Gasteiger partial charge in [0.2, 0.25) is 0 Å². The van der Waals surface area contributed by atoms with E-state index in [0.717, 1.165) is 35.8 Å². The molecule has 0 spiro atoms. The van der Waals surface area contributed by atoms with E-state index in [2.05, 4.69) is 15.2 Å². The summed E-state index contributed by atoms with van der Waals surface area (Å²) in [6.07, 6.45) is -4.99. The molecule has 14 heteroatoms. The second-order valence-corrected chi connectivity index (χ2v) is 10.6. The van der Waals surface area contributed by atoms with Crippen molar-refractivity contribution in [3.8, 4) is 5.75 Å². The molecule has 2 aromatic carbocycles. The van der Waals surface area contributed by atoms with E-state index < -0.39 is 34.1 Å². The largest absolute Gasteiger partial charge is 0.489 e. The molecule has 2 heterocycles. The Kier molecular flexibility index (Phi) is 8.56. The molecule has 43 heavy (non-hydrogen) atoms. The first kappa shape index (κ1) is 30.2. The zero-order chi connectivity index (χ0) is 30.8. The first-order valence-corrected chi connectivity index (χ1v) is 13.8. The van der Waals surface area contributed by atoms with Gasteiger partial charge >= 0.3 is 12.4 Å². The second kappa shape index (κ2) is 12.2. The maximum absolute atomic E-state index is 13.3. The fourth-order valence-corrected chi connectivity index (χ4v) is 5.45. The van der Waals surface area contributed by atoms with Gasteiger partial charge in [0, 0.05) is 49.7 Å². The van der Waals surface area contributed by atoms with E-state index >= 15 is 0 Å². The van der Waals surface area contributed by atoms with E-state index in [1.165, 1.54) is 18.2 Å². The predicted octanol–water partition coefficient (Wildman–Crippen LogP) is 7.16. The lowest BCUT2D eigenvalue weighted by Gasteiger charge is -2.37. The molecule has 2 aliphatic rings. The number of pyridine rings is 1. The second-order valence-electron chi connectivity index (χ2n) is 10.6. The lowest BCUT2D eigenvalue weighted by Crippen LogP contribution is -2.46. The summed E-state index contributed by atoms with van der Waals surface area (Å²) in [5.41, 5.74) is -2.00. The number of nitrogens with zero attached hydrogens (tertiary/aromatic N) is 4. The topological polar surface area (TPSA) is 83.8 Å². The molecule has 1 aliphatic carbocycles. The van der Waals surface area contributed by atoms with E-state index in [1.807, 2.05) is 17.0 Å². The maximum Gasteiger partial charge on any atom is 0.423 e. The van der Waals surface area contributed by atoms with Gasteiger partial charge in [-0.25, -0.2) is 4.98 Å². The highest BCUT2D eigenvalue weighted by Crippen LogP contribution is 2.38. The zero-order valence-electron chi connectivity index (χ0n) is 22.9. The fourth-order valence-electron chi connectivity index (χ4n) is 5.45. The van der Waals surface area contributed by atoms with Crippen LogP contribution in [0.15, 0.2) is 60.8 Å². The molecule has 1 saturated heterocycles. The van der Waals surface area contributed by atoms with Crippen molar-refractivity contribution in [3.63, 3.8) is 0 Å². The van der Waals surface area contributed by atoms with Gasteiger partial charge < -0.3 is 19.9 Å². The summed E-state index contributed by atoms with van der Waals surface area (Å²) in [7, 11) is 0. The summed E-state index contributed by atoms with van der Waals surface area (Å²) in [5.74, 6) is 1.38. The van der Waals surface area contributed by atoms with E-state index in [1.54, 1.807) is 6.20 Å². The minimum absolute atomic E-state index is 0.0828. The minimum atomic E-state index is -4.83. The van der Waals surface area contributed by atoms with Gasteiger partial charge in [-0.2, -0.15) is 26.3 Å². The molecule has 0 radical (unpaired) electrons. The Bertz CT molecular complexity index is 1400. The van der Waals surface area contributed by atoms with Crippen LogP contribution >= 0.6 is 0 Å². The van der Waals surface area contributed by atoms with E-state index in [0.29, 0.717) is 57.6 Å². The number of anilines is 3. The number of rotatable bonds is 7. The van der Waals surface area contributed by atoms with Crippen molar-refractivity contribution >= 4 is 22.9 Å². The molecule has 2 fully saturated rings. The van der Waals surface area contributed by atoms with Crippen LogP contribution in [0.5, 0.6) is 5.75 Å². The Hall–Kier alpha value is -4.23. The normalized spacial score (nSPS) is 19.7. The van der Waals surface area contributed by atoms with Gasteiger partial charge in [-0.3, -0.25) is 10.1 Å². The molecule has 8 nitrogen and oxygen atoms in total. The monoisotopic (exact) mass is 609 g/mol. The number of hydrogen-bond acceptors (Lipinski definition) is 7. The fraction of sp³-hybridized carbons (Fsp3) is 0.414. The third kappa shape index (κ3) is 7.41. The Morgan fingerprint density at radius 2 is 1.49 bits per heavy atom. The highest BCUT2D eigenvalue weighted by Gasteiger charge is 2.38. The highest BCUT2D eigenvalue weighted by atomic mass is 19.4. The summed E-state index contributed by atoms with van der Waals surface area (Å²) in [6.45, 7) is 2.59. The van der Waals surface area contributed by atoms with Gasteiger partial charge in [0.1, 0.15) is 17.1 Å². The van der Waals surface area contributed by atoms with E-state index in [4.69, 9.17) is 4.74 Å². The predicted molar refractivity (Wildman–Crippen MR) is 149 cm³/mol. The van der Waals surface area contributed by atoms with Crippen LogP contribution < -0.4 is 19.9 Å². The summed E-state index contributed by atoms with van der Waals surface area (Å²) < 4.78 is 84.5. The molecule has 0 unspecified atom stereocenters. The number of ether oxygens (including phenoxy) is 1. The number of nitrogens with one attached hydrogen (secondary N) is 1. The Labute approximate surface area is 243 Å². The van der Waals surface area contributed by atoms with Crippen molar-refractivity contribution < 1.29 is 36.0 Å². The van der Waals surface area contributed by atoms with E-state index in [-0.39, 0.29) is 17.8 Å². The van der Waals surface area contributed by atoms with Crippen LogP contribution in [0.2, 0.25) is 0 Å². The van der Waals surface area contributed by atoms with Crippen molar-refractivity contribution in [2.24, 2.45) is 0 Å². The zero-order valence-corrected chi connectivity index (χ0v) is 22.9. The SMILES string of the molecule is O=[N+]([O-])c1ccc(N[C@H]2CC[C@H](Oc3ccc(N4CCN(c5ccc(C(F)(F)F)cc5)CC4)nc3)CC2)cc1C(F)(F)F. The summed E-state index contributed by atoms with van der Waals surface area (Å²) in [4.78, 5) is 18.6. The van der Waals surface area contributed by atoms with Crippen molar-refractivity contribution in [1.82, 2.24) is 4.98 Å². The van der Waals surface area contributed by atoms with Gasteiger partial charge in [-0.05, 0) is 74.2 Å². The molecule has 0 amide bonds. The van der Waals surface area contributed by atoms with Crippen LogP contribution in [-0.4, -0.2) is 48.2 Å². The molecule has 3 aromatic rings. The van der Waals surface area contributed by atoms with E-state index in [9.17, 15) is 36.5 Å². The van der Waals surface area contributed by atoms with Crippen LogP contribution in [0, 0.1) is 10.1 Å². The van der Waals surface area contributed by atoms with Gasteiger partial charge in [0.15, 0.2) is 0 Å². The maximum atomic E-state index is 13.3. The molecule has 230 valence electrons. The first-order valence-electron chi connectivity index (χ1n) is 13.8. The summed E-state index contributed by atoms with van der Waals surface area (Å²) >= 11 is 0. The van der Waals surface area contributed by atoms with Crippen LogP contribution in [-0.2, 0) is 12.4 Å². The molecule has 1 aromatic heterocycles. The number of piperazine rings is 1. The summed E-state index contributed by atoms with van der Waals surface area (Å²) in [5, 5.41) is 14.0. The quantitative estimate of drug-likeness (QED) is 0.173. The number of benzene rings is 2. The molecular weight excluding hydrogens is 580 g/mol. The van der Waals surface area contributed by atoms with Gasteiger partial charge in [-0.15, -0.1) is 0 Å². The third-order valence-corrected chi connectivity index (χ3v) is 7.73. The van der Waals surface area contributed by atoms with Crippen LogP contribution in [0.4, 0.5) is 49.2 Å². The molecule has 1 aliphatic heterocycles. The molecule has 5 rings (SSSR count). The number of nitro benzene ring substituents is 1. The minimum Gasteiger partial charge on any atom is -0.489 e. The number of halogens is 6. The lowest BCUT2D eigenvalue weighted by atomic mass is 9.92. The van der Waals surface area contributed by atoms with Crippen LogP contribution in [0.1, 0.15) is 36.8 Å². The average molecular weight is 610 g/mol. The molecule has 0 bridgehead atoms. The standard InChI is InChI=1S/C29H29F6N5O3/c30-28(31,32)19-1-6-22(7-2-19)38-13-15-39(16-14-38)27-12-10-24(18-36-27)43-23-8-3-20(4-9-23)37-21-5-11-26(40(41)42)25(17-21)29(33,34)35/h1-2,5-7,10-12,17-18,20,23,37H,3-4,8-9,13-16H2/t20-,23-. The van der Waals surface area contributed by atoms with Gasteiger partial charge in [0.05, 0.1) is 22.8 Å². The number of nitro groups is 1. The Balaban J connectivity index is 1.08. The molecule has 1 saturated carbocycles. The highest BCUT2D eigenvalue weighted by molar-refractivity contribution is 5.56. The van der Waals surface area contributed by atoms with Gasteiger partial charge in [0.25, 0.3) is 5.69 Å². The molecular formula is C29H29F6N5O3. The smallest absolute Gasteiger partial charge is 0.423 e. The first-order chi connectivity index (χ1) is 20.4. The molecule has 1 N–H and O–H groups in total. The number of aromatic nitrogens is 1. The van der Waals surface area contributed by atoms with Crippen molar-refractivity contribution in [2.45, 2.75) is 50.2 Å². The van der Waals surface area contributed by atoms with Crippen molar-refractivity contribution in [1.29, 1.82) is 0 Å². The lowest BCUT2D eigenvalue weighted by molar-refractivity contribution is -0.388. The van der Waals surface area contributed by atoms with Crippen LogP contribution in [0.3, 0.4) is 0 Å². The molecule has 0 atom stereocenters. The van der Waals surface area contributed by atoms with Crippen molar-refractivity contribution in [3.05, 3.63) is 82.0 Å².